The molecule has 0 saturated carbocycles. The van der Waals surface area contributed by atoms with Crippen molar-refractivity contribution in [3.63, 3.8) is 0 Å². The van der Waals surface area contributed by atoms with E-state index in [4.69, 9.17) is 0 Å². The van der Waals surface area contributed by atoms with Crippen molar-refractivity contribution < 1.29 is 4.79 Å². The van der Waals surface area contributed by atoms with Gasteiger partial charge in [0, 0.05) is 30.9 Å². The molecule has 30 heavy (non-hydrogen) atoms. The van der Waals surface area contributed by atoms with Crippen molar-refractivity contribution in [2.75, 3.05) is 18.0 Å². The maximum absolute atomic E-state index is 13.0. The number of piperidine rings is 1. The fourth-order valence-electron chi connectivity index (χ4n) is 3.92. The summed E-state index contributed by atoms with van der Waals surface area (Å²) in [4.78, 5) is 32.3. The molecule has 1 amide bonds. The summed E-state index contributed by atoms with van der Waals surface area (Å²) < 4.78 is 1.35. The van der Waals surface area contributed by atoms with E-state index in [0.29, 0.717) is 17.2 Å². The van der Waals surface area contributed by atoms with Crippen LogP contribution in [0.15, 0.2) is 41.2 Å². The number of fused-ring (bicyclic) bond motifs is 1. The highest BCUT2D eigenvalue weighted by molar-refractivity contribution is 7.20. The molecule has 1 aliphatic heterocycles. The first kappa shape index (κ1) is 20.5. The summed E-state index contributed by atoms with van der Waals surface area (Å²) in [6, 6.07) is 11.9. The van der Waals surface area contributed by atoms with Crippen LogP contribution in [0.25, 0.3) is 4.96 Å². The summed E-state index contributed by atoms with van der Waals surface area (Å²) in [7, 11) is 0. The number of aryl methyl sites for hydroxylation is 1. The van der Waals surface area contributed by atoms with Gasteiger partial charge in [0.05, 0.1) is 5.92 Å². The van der Waals surface area contributed by atoms with E-state index < -0.39 is 0 Å². The van der Waals surface area contributed by atoms with Crippen molar-refractivity contribution in [1.82, 2.24) is 19.9 Å². The summed E-state index contributed by atoms with van der Waals surface area (Å²) >= 11 is 1.40. The van der Waals surface area contributed by atoms with E-state index >= 15 is 0 Å². The zero-order valence-corrected chi connectivity index (χ0v) is 18.2. The SMILES string of the molecule is CCC(Cc1ccccc1)NC(=O)C1CCCN(c2nn3c(=O)cc(C)nc3s2)C1. The first-order valence-corrected chi connectivity index (χ1v) is 11.3. The number of aromatic nitrogens is 3. The first-order chi connectivity index (χ1) is 14.5. The van der Waals surface area contributed by atoms with E-state index in [1.807, 2.05) is 25.1 Å². The van der Waals surface area contributed by atoms with Gasteiger partial charge in [0.25, 0.3) is 5.56 Å². The van der Waals surface area contributed by atoms with E-state index in [9.17, 15) is 9.59 Å². The lowest BCUT2D eigenvalue weighted by Crippen LogP contribution is -2.46. The first-order valence-electron chi connectivity index (χ1n) is 10.5. The van der Waals surface area contributed by atoms with Crippen LogP contribution < -0.4 is 15.8 Å². The van der Waals surface area contributed by atoms with E-state index in [0.717, 1.165) is 37.4 Å². The Hall–Kier alpha value is -2.74. The molecule has 158 valence electrons. The third-order valence-corrected chi connectivity index (χ3v) is 6.56. The maximum atomic E-state index is 13.0. The monoisotopic (exact) mass is 425 g/mol. The van der Waals surface area contributed by atoms with Gasteiger partial charge < -0.3 is 10.2 Å². The predicted molar refractivity (Wildman–Crippen MR) is 119 cm³/mol. The van der Waals surface area contributed by atoms with Crippen LogP contribution in [0.3, 0.4) is 0 Å². The molecule has 0 bridgehead atoms. The molecular weight excluding hydrogens is 398 g/mol. The zero-order chi connectivity index (χ0) is 21.1. The Morgan fingerprint density at radius 3 is 2.90 bits per heavy atom. The Bertz CT molecular complexity index is 1080. The minimum absolute atomic E-state index is 0.0815. The molecule has 0 spiro atoms. The molecule has 2 unspecified atom stereocenters. The van der Waals surface area contributed by atoms with Gasteiger partial charge in [-0.15, -0.1) is 5.10 Å². The van der Waals surface area contributed by atoms with Crippen LogP contribution in [0, 0.1) is 12.8 Å². The number of carbonyl (C=O) groups excluding carboxylic acids is 1. The number of amides is 1. The summed E-state index contributed by atoms with van der Waals surface area (Å²) in [6.07, 6.45) is 3.52. The Labute approximate surface area is 179 Å². The number of nitrogens with zero attached hydrogens (tertiary/aromatic N) is 4. The Morgan fingerprint density at radius 1 is 1.33 bits per heavy atom. The second kappa shape index (κ2) is 8.95. The molecule has 1 N–H and O–H groups in total. The van der Waals surface area contributed by atoms with Crippen molar-refractivity contribution in [2.24, 2.45) is 5.92 Å². The third kappa shape index (κ3) is 4.53. The lowest BCUT2D eigenvalue weighted by atomic mass is 9.96. The topological polar surface area (TPSA) is 79.6 Å². The fraction of sp³-hybridized carbons (Fsp3) is 0.455. The van der Waals surface area contributed by atoms with Crippen molar-refractivity contribution in [2.45, 2.75) is 45.6 Å². The van der Waals surface area contributed by atoms with Crippen LogP contribution in [-0.4, -0.2) is 39.6 Å². The van der Waals surface area contributed by atoms with Crippen LogP contribution in [0.1, 0.15) is 37.4 Å². The second-order valence-electron chi connectivity index (χ2n) is 7.90. The average Bonchev–Trinajstić information content (AvgIpc) is 3.18. The standard InChI is InChI=1S/C22H27N5O2S/c1-3-18(13-16-8-5-4-6-9-16)24-20(29)17-10-7-11-26(14-17)22-25-27-19(28)12-15(2)23-21(27)30-22/h4-6,8-9,12,17-18H,3,7,10-11,13-14H2,1-2H3,(H,24,29). The summed E-state index contributed by atoms with van der Waals surface area (Å²) in [6.45, 7) is 5.36. The van der Waals surface area contributed by atoms with Crippen molar-refractivity contribution in [3.8, 4) is 0 Å². The molecule has 3 heterocycles. The van der Waals surface area contributed by atoms with E-state index in [1.165, 1.54) is 27.5 Å². The molecule has 0 aliphatic carbocycles. The number of nitrogens with one attached hydrogen (secondary N) is 1. The van der Waals surface area contributed by atoms with Crippen molar-refractivity contribution in [3.05, 3.63) is 58.0 Å². The van der Waals surface area contributed by atoms with Gasteiger partial charge in [-0.25, -0.2) is 4.98 Å². The second-order valence-corrected chi connectivity index (χ2v) is 8.84. The fourth-order valence-corrected chi connectivity index (χ4v) is 4.91. The highest BCUT2D eigenvalue weighted by Gasteiger charge is 2.29. The van der Waals surface area contributed by atoms with Gasteiger partial charge in [0.1, 0.15) is 0 Å². The van der Waals surface area contributed by atoms with Crippen molar-refractivity contribution >= 4 is 27.3 Å². The molecule has 1 aromatic carbocycles. The highest BCUT2D eigenvalue weighted by Crippen LogP contribution is 2.27. The van der Waals surface area contributed by atoms with Crippen molar-refractivity contribution in [1.29, 1.82) is 0 Å². The Kier molecular flexibility index (Phi) is 6.13. The van der Waals surface area contributed by atoms with E-state index in [1.54, 1.807) is 0 Å². The van der Waals surface area contributed by atoms with Crippen LogP contribution >= 0.6 is 11.3 Å². The van der Waals surface area contributed by atoms with Crippen LogP contribution in [0.4, 0.5) is 5.13 Å². The van der Waals surface area contributed by atoms with Crippen LogP contribution in [0.2, 0.25) is 0 Å². The predicted octanol–water partition coefficient (Wildman–Crippen LogP) is 2.81. The highest BCUT2D eigenvalue weighted by atomic mass is 32.1. The third-order valence-electron chi connectivity index (χ3n) is 5.59. The van der Waals surface area contributed by atoms with Crippen LogP contribution in [-0.2, 0) is 11.2 Å². The number of rotatable bonds is 6. The van der Waals surface area contributed by atoms with E-state index in [2.05, 4.69) is 39.4 Å². The van der Waals surface area contributed by atoms with Gasteiger partial charge >= 0.3 is 0 Å². The van der Waals surface area contributed by atoms with Gasteiger partial charge in [0.15, 0.2) is 0 Å². The molecule has 8 heteroatoms. The lowest BCUT2D eigenvalue weighted by Gasteiger charge is -2.32. The lowest BCUT2D eigenvalue weighted by molar-refractivity contribution is -0.126. The van der Waals surface area contributed by atoms with Gasteiger partial charge in [-0.05, 0) is 38.2 Å². The maximum Gasteiger partial charge on any atom is 0.275 e. The van der Waals surface area contributed by atoms with E-state index in [-0.39, 0.29) is 23.4 Å². The number of benzene rings is 1. The average molecular weight is 426 g/mol. The number of carbonyl (C=O) groups is 1. The smallest absolute Gasteiger partial charge is 0.275 e. The molecule has 1 aliphatic rings. The molecule has 1 fully saturated rings. The molecule has 2 atom stereocenters. The zero-order valence-electron chi connectivity index (χ0n) is 17.4. The van der Waals surface area contributed by atoms with Gasteiger partial charge in [-0.1, -0.05) is 48.6 Å². The molecule has 0 radical (unpaired) electrons. The van der Waals surface area contributed by atoms with Gasteiger partial charge in [-0.2, -0.15) is 4.52 Å². The van der Waals surface area contributed by atoms with Gasteiger partial charge in [0.2, 0.25) is 16.0 Å². The minimum atomic E-state index is -0.169. The summed E-state index contributed by atoms with van der Waals surface area (Å²) in [5.41, 5.74) is 1.76. The summed E-state index contributed by atoms with van der Waals surface area (Å²) in [5.74, 6) is 0.0248. The molecule has 7 nitrogen and oxygen atoms in total. The number of anilines is 1. The summed E-state index contributed by atoms with van der Waals surface area (Å²) in [5, 5.41) is 8.46. The molecule has 1 saturated heterocycles. The molecule has 2 aromatic heterocycles. The molecule has 3 aromatic rings. The largest absolute Gasteiger partial charge is 0.353 e. The normalized spacial score (nSPS) is 17.8. The number of hydrogen-bond acceptors (Lipinski definition) is 6. The van der Waals surface area contributed by atoms with Gasteiger partial charge in [-0.3, -0.25) is 9.59 Å². The Morgan fingerprint density at radius 2 is 2.13 bits per heavy atom. The molecule has 4 rings (SSSR count). The molecular formula is C22H27N5O2S. The quantitative estimate of drug-likeness (QED) is 0.657. The minimum Gasteiger partial charge on any atom is -0.353 e. The van der Waals surface area contributed by atoms with Crippen LogP contribution in [0.5, 0.6) is 0 Å². The number of hydrogen-bond donors (Lipinski definition) is 1. The Balaban J connectivity index is 1.43.